The van der Waals surface area contributed by atoms with Crippen LogP contribution in [0.1, 0.15) is 59.4 Å². The van der Waals surface area contributed by atoms with Crippen LogP contribution in [0.3, 0.4) is 0 Å². The summed E-state index contributed by atoms with van der Waals surface area (Å²) in [4.78, 5) is 43.8. The first-order valence-electron chi connectivity index (χ1n) is 18.1. The first kappa shape index (κ1) is 39.8. The zero-order chi connectivity index (χ0) is 39.1. The largest absolute Gasteiger partial charge is 0.506 e. The van der Waals surface area contributed by atoms with Gasteiger partial charge in [0.25, 0.3) is 0 Å². The normalized spacial score (nSPS) is 16.5. The van der Waals surface area contributed by atoms with E-state index in [0.29, 0.717) is 64.9 Å². The number of fused-ring (bicyclic) bond motifs is 1. The quantitative estimate of drug-likeness (QED) is 0.0531. The van der Waals surface area contributed by atoms with Crippen LogP contribution in [0, 0.1) is 0 Å². The van der Waals surface area contributed by atoms with Crippen molar-refractivity contribution < 1.29 is 34.0 Å². The average molecular weight is 790 g/mol. The summed E-state index contributed by atoms with van der Waals surface area (Å²) in [6.07, 6.45) is 1.99. The van der Waals surface area contributed by atoms with Gasteiger partial charge in [-0.1, -0.05) is 25.1 Å². The number of pyridine rings is 1. The minimum Gasteiger partial charge on any atom is -0.506 e. The van der Waals surface area contributed by atoms with Gasteiger partial charge in [0, 0.05) is 48.8 Å². The number of methoxy groups -OCH3 is 1. The van der Waals surface area contributed by atoms with Crippen molar-refractivity contribution in [1.82, 2.24) is 15.2 Å². The van der Waals surface area contributed by atoms with E-state index in [1.54, 1.807) is 43.5 Å². The Hall–Kier alpha value is -4.93. The molecule has 55 heavy (non-hydrogen) atoms. The number of nitrogens with one attached hydrogen (secondary N) is 3. The summed E-state index contributed by atoms with van der Waals surface area (Å²) in [5.74, 6) is -0.0343. The summed E-state index contributed by atoms with van der Waals surface area (Å²) >= 11 is 2.64. The van der Waals surface area contributed by atoms with Crippen LogP contribution >= 0.6 is 22.7 Å². The third kappa shape index (κ3) is 9.14. The van der Waals surface area contributed by atoms with Crippen molar-refractivity contribution in [2.24, 2.45) is 0 Å². The second kappa shape index (κ2) is 17.7. The molecule has 3 aromatic heterocycles. The van der Waals surface area contributed by atoms with E-state index in [2.05, 4.69) is 27.4 Å². The van der Waals surface area contributed by atoms with Crippen LogP contribution in [0.15, 0.2) is 76.2 Å². The molecule has 1 saturated carbocycles. The molecule has 1 amide bonds. The summed E-state index contributed by atoms with van der Waals surface area (Å²) in [7, 11) is 3.53. The van der Waals surface area contributed by atoms with Crippen LogP contribution in [0.5, 0.6) is 11.5 Å². The van der Waals surface area contributed by atoms with E-state index in [-0.39, 0.29) is 36.0 Å². The van der Waals surface area contributed by atoms with Gasteiger partial charge in [0.05, 0.1) is 33.8 Å². The van der Waals surface area contributed by atoms with Gasteiger partial charge in [-0.25, -0.2) is 9.59 Å². The van der Waals surface area contributed by atoms with Gasteiger partial charge in [0.2, 0.25) is 11.2 Å². The number of amides is 1. The molecule has 0 bridgehead atoms. The van der Waals surface area contributed by atoms with E-state index in [0.717, 1.165) is 29.4 Å². The lowest BCUT2D eigenvalue weighted by Gasteiger charge is -2.35. The molecule has 2 aromatic carbocycles. The van der Waals surface area contributed by atoms with Crippen LogP contribution in [0.4, 0.5) is 16.2 Å². The molecule has 0 saturated heterocycles. The molecule has 0 radical (unpaired) electrons. The first-order chi connectivity index (χ1) is 26.5. The molecule has 292 valence electrons. The van der Waals surface area contributed by atoms with Gasteiger partial charge in [0.15, 0.2) is 0 Å². The molecular weight excluding hydrogens is 743 g/mol. The van der Waals surface area contributed by atoms with E-state index in [1.165, 1.54) is 28.7 Å². The van der Waals surface area contributed by atoms with Crippen LogP contribution in [0.2, 0.25) is 0 Å². The Kier molecular flexibility index (Phi) is 12.8. The maximum absolute atomic E-state index is 13.4. The zero-order valence-electron chi connectivity index (χ0n) is 31.0. The Morgan fingerprint density at radius 2 is 1.76 bits per heavy atom. The van der Waals surface area contributed by atoms with Crippen LogP contribution in [-0.2, 0) is 26.4 Å². The molecular formula is C40H47N5O8S2. The molecule has 7 N–H and O–H groups in total. The van der Waals surface area contributed by atoms with E-state index < -0.39 is 17.7 Å². The molecule has 0 spiro atoms. The Balaban J connectivity index is 0.940. The fourth-order valence-electron chi connectivity index (χ4n) is 7.05. The SMILES string of the molecule is COc1cc(NC(=O)OCCN(C)C2CCC(OC(=O)C(O)(c3cccs3)c3cccs3)CC2)c(N)cc1CNC[C@H](C)c1ccc(O)c2[nH]c(=O)ccc12. The predicted molar refractivity (Wildman–Crippen MR) is 215 cm³/mol. The first-order valence-corrected chi connectivity index (χ1v) is 19.9. The highest BCUT2D eigenvalue weighted by atomic mass is 32.1. The van der Waals surface area contributed by atoms with Gasteiger partial charge in [-0.15, -0.1) is 22.7 Å². The van der Waals surface area contributed by atoms with Crippen molar-refractivity contribution in [3.63, 3.8) is 0 Å². The number of nitrogens with two attached hydrogens (primary N) is 1. The molecule has 3 heterocycles. The van der Waals surface area contributed by atoms with Crippen LogP contribution < -0.4 is 26.7 Å². The minimum absolute atomic E-state index is 0.0223. The molecule has 13 nitrogen and oxygen atoms in total. The summed E-state index contributed by atoms with van der Waals surface area (Å²) in [5.41, 5.74) is 7.16. The lowest BCUT2D eigenvalue weighted by Crippen LogP contribution is -2.42. The molecule has 1 fully saturated rings. The number of ether oxygens (including phenoxy) is 3. The minimum atomic E-state index is -1.82. The van der Waals surface area contributed by atoms with Crippen molar-refractivity contribution in [1.29, 1.82) is 0 Å². The predicted octanol–water partition coefficient (Wildman–Crippen LogP) is 6.11. The highest BCUT2D eigenvalue weighted by Gasteiger charge is 2.45. The smallest absolute Gasteiger partial charge is 0.411 e. The number of nitrogen functional groups attached to an aromatic ring is 1. The summed E-state index contributed by atoms with van der Waals surface area (Å²) < 4.78 is 17.0. The highest BCUT2D eigenvalue weighted by molar-refractivity contribution is 7.12. The topological polar surface area (TPSA) is 188 Å². The van der Waals surface area contributed by atoms with Crippen molar-refractivity contribution in [2.45, 2.75) is 62.8 Å². The maximum Gasteiger partial charge on any atom is 0.411 e. The number of aromatic hydroxyl groups is 1. The number of hydrogen-bond acceptors (Lipinski definition) is 13. The maximum atomic E-state index is 13.4. The Labute approximate surface area is 327 Å². The van der Waals surface area contributed by atoms with Gasteiger partial charge < -0.3 is 45.4 Å². The summed E-state index contributed by atoms with van der Waals surface area (Å²) in [6.45, 7) is 3.76. The third-order valence-corrected chi connectivity index (χ3v) is 12.1. The van der Waals surface area contributed by atoms with Crippen molar-refractivity contribution in [2.75, 3.05) is 44.9 Å². The second-order valence-corrected chi connectivity index (χ2v) is 15.7. The number of aliphatic hydroxyl groups is 1. The Bertz CT molecular complexity index is 2100. The fraction of sp³-hybridized carbons (Fsp3) is 0.375. The van der Waals surface area contributed by atoms with Crippen molar-refractivity contribution >= 4 is 57.0 Å². The molecule has 6 rings (SSSR count). The number of phenolic OH excluding ortho intramolecular Hbond substituents is 1. The molecule has 1 atom stereocenters. The third-order valence-electron chi connectivity index (χ3n) is 10.2. The lowest BCUT2D eigenvalue weighted by molar-refractivity contribution is -0.169. The van der Waals surface area contributed by atoms with Gasteiger partial charge in [-0.3, -0.25) is 10.1 Å². The van der Waals surface area contributed by atoms with Gasteiger partial charge in [-0.05, 0) is 85.3 Å². The molecule has 1 aliphatic rings. The molecule has 1 aliphatic carbocycles. The number of benzene rings is 2. The number of carbonyl (C=O) groups is 2. The Morgan fingerprint density at radius 1 is 1.05 bits per heavy atom. The number of anilines is 2. The molecule has 5 aromatic rings. The number of aromatic amines is 1. The second-order valence-electron chi connectivity index (χ2n) is 13.8. The Morgan fingerprint density at radius 3 is 2.42 bits per heavy atom. The number of H-pyrrole nitrogens is 1. The molecule has 0 aliphatic heterocycles. The number of thiophene rings is 2. The number of carbonyl (C=O) groups excluding carboxylic acids is 2. The van der Waals surface area contributed by atoms with E-state index in [1.807, 2.05) is 36.0 Å². The lowest BCUT2D eigenvalue weighted by atomic mass is 9.91. The number of nitrogens with zero attached hydrogens (tertiary/aromatic N) is 1. The fourth-order valence-corrected chi connectivity index (χ4v) is 8.76. The number of hydrogen-bond donors (Lipinski definition) is 6. The van der Waals surface area contributed by atoms with Gasteiger partial charge in [0.1, 0.15) is 24.2 Å². The van der Waals surface area contributed by atoms with Crippen LogP contribution in [0.25, 0.3) is 10.9 Å². The number of aromatic nitrogens is 1. The molecule has 0 unspecified atom stereocenters. The van der Waals surface area contributed by atoms with E-state index >= 15 is 0 Å². The standard InChI is InChI=1S/C40H47N5O8S2/c1-24(28-12-14-32(46)37-29(28)13-15-36(47)44-37)22-42-23-25-20-30(41)31(21-33(25)51-3)43-39(49)52-17-16-45(2)26-8-10-27(11-9-26)53-38(48)40(50,34-6-4-18-54-34)35-7-5-19-55-35/h4-7,12-15,18-21,24,26-27,42,46,50H,8-11,16-17,22-23,41H2,1-3H3,(H,43,49)(H,44,47)/t24-,26?,27?/m0/s1. The number of likely N-dealkylation sites (N-methyl/N-ethyl adjacent to an activating group) is 1. The highest BCUT2D eigenvalue weighted by Crippen LogP contribution is 2.38. The number of esters is 1. The monoisotopic (exact) mass is 789 g/mol. The number of phenols is 1. The van der Waals surface area contributed by atoms with Gasteiger partial charge in [-0.2, -0.15) is 0 Å². The summed E-state index contributed by atoms with van der Waals surface area (Å²) in [5, 5.41) is 32.4. The molecule has 15 heteroatoms. The summed E-state index contributed by atoms with van der Waals surface area (Å²) in [6, 6.07) is 17.4. The van der Waals surface area contributed by atoms with E-state index in [4.69, 9.17) is 19.9 Å². The van der Waals surface area contributed by atoms with E-state index in [9.17, 15) is 24.6 Å². The zero-order valence-corrected chi connectivity index (χ0v) is 32.6. The van der Waals surface area contributed by atoms with Gasteiger partial charge >= 0.3 is 12.1 Å². The van der Waals surface area contributed by atoms with Crippen molar-refractivity contribution in [3.8, 4) is 11.5 Å². The van der Waals surface area contributed by atoms with Crippen molar-refractivity contribution in [3.05, 3.63) is 103 Å². The number of rotatable bonds is 15. The average Bonchev–Trinajstić information content (AvgIpc) is 3.93. The van der Waals surface area contributed by atoms with Crippen LogP contribution in [-0.4, -0.2) is 78.2 Å².